The summed E-state index contributed by atoms with van der Waals surface area (Å²) in [7, 11) is 0. The van der Waals surface area contributed by atoms with Gasteiger partial charge < -0.3 is 10.8 Å². The first-order valence-electron chi connectivity index (χ1n) is 6.31. The first-order valence-corrected chi connectivity index (χ1v) is 6.31. The Bertz CT molecular complexity index is 312. The monoisotopic (exact) mass is 219 g/mol. The van der Waals surface area contributed by atoms with Gasteiger partial charge in [-0.2, -0.15) is 0 Å². The summed E-state index contributed by atoms with van der Waals surface area (Å²) >= 11 is 0. The molecule has 3 N–H and O–H groups in total. The molecule has 0 spiro atoms. The Kier molecular flexibility index (Phi) is 3.83. The molecule has 16 heavy (non-hydrogen) atoms. The van der Waals surface area contributed by atoms with E-state index in [2.05, 4.69) is 0 Å². The molecule has 0 radical (unpaired) electrons. The molecule has 0 aliphatic heterocycles. The van der Waals surface area contributed by atoms with Crippen LogP contribution in [0.15, 0.2) is 24.3 Å². The maximum atomic E-state index is 10.3. The van der Waals surface area contributed by atoms with Crippen LogP contribution in [0.25, 0.3) is 0 Å². The van der Waals surface area contributed by atoms with Crippen molar-refractivity contribution in [3.8, 4) is 0 Å². The topological polar surface area (TPSA) is 46.2 Å². The largest absolute Gasteiger partial charge is 0.399 e. The van der Waals surface area contributed by atoms with Gasteiger partial charge in [0.05, 0.1) is 6.10 Å². The Morgan fingerprint density at radius 1 is 1.00 bits per heavy atom. The van der Waals surface area contributed by atoms with Gasteiger partial charge in [-0.25, -0.2) is 0 Å². The molecule has 88 valence electrons. The molecular formula is C14H21NO. The van der Waals surface area contributed by atoms with Crippen molar-refractivity contribution >= 4 is 5.69 Å². The van der Waals surface area contributed by atoms with Crippen LogP contribution in [-0.2, 0) is 0 Å². The highest BCUT2D eigenvalue weighted by atomic mass is 16.3. The maximum Gasteiger partial charge on any atom is 0.0818 e. The third-order valence-electron chi connectivity index (χ3n) is 3.62. The van der Waals surface area contributed by atoms with Crippen molar-refractivity contribution in [2.75, 3.05) is 5.73 Å². The van der Waals surface area contributed by atoms with Gasteiger partial charge in [-0.3, -0.25) is 0 Å². The van der Waals surface area contributed by atoms with E-state index in [4.69, 9.17) is 5.73 Å². The Morgan fingerprint density at radius 2 is 1.56 bits per heavy atom. The molecule has 0 amide bonds. The molecule has 1 fully saturated rings. The highest BCUT2D eigenvalue weighted by Gasteiger charge is 2.21. The summed E-state index contributed by atoms with van der Waals surface area (Å²) in [5, 5.41) is 10.3. The van der Waals surface area contributed by atoms with Gasteiger partial charge in [-0.15, -0.1) is 0 Å². The predicted octanol–water partition coefficient (Wildman–Crippen LogP) is 3.27. The van der Waals surface area contributed by atoms with Crippen LogP contribution in [0.1, 0.15) is 50.2 Å². The van der Waals surface area contributed by atoms with E-state index in [1.807, 2.05) is 24.3 Å². The van der Waals surface area contributed by atoms with Crippen LogP contribution in [0.5, 0.6) is 0 Å². The first-order chi connectivity index (χ1) is 7.77. The second-order valence-corrected chi connectivity index (χ2v) is 4.86. The van der Waals surface area contributed by atoms with Gasteiger partial charge in [0, 0.05) is 5.69 Å². The standard InChI is InChI=1S/C14H21NO/c15-13-9-7-12(8-10-13)14(16)11-5-3-1-2-4-6-11/h7-11,14,16H,1-6,15H2. The van der Waals surface area contributed by atoms with Gasteiger partial charge in [0.15, 0.2) is 0 Å². The van der Waals surface area contributed by atoms with E-state index in [1.54, 1.807) is 0 Å². The minimum Gasteiger partial charge on any atom is -0.399 e. The molecule has 0 aromatic heterocycles. The number of anilines is 1. The molecule has 1 aliphatic carbocycles. The number of nitrogen functional groups attached to an aromatic ring is 1. The molecule has 1 aromatic carbocycles. The van der Waals surface area contributed by atoms with Crippen molar-refractivity contribution in [1.82, 2.24) is 0 Å². The maximum absolute atomic E-state index is 10.3. The Labute approximate surface area is 97.5 Å². The third-order valence-corrected chi connectivity index (χ3v) is 3.62. The summed E-state index contributed by atoms with van der Waals surface area (Å²) < 4.78 is 0. The number of hydrogen-bond acceptors (Lipinski definition) is 2. The molecule has 0 heterocycles. The summed E-state index contributed by atoms with van der Waals surface area (Å²) in [6, 6.07) is 7.64. The molecule has 1 aliphatic rings. The number of aliphatic hydroxyl groups excluding tert-OH is 1. The summed E-state index contributed by atoms with van der Waals surface area (Å²) in [5.74, 6) is 0.436. The molecule has 1 aromatic rings. The zero-order valence-electron chi connectivity index (χ0n) is 9.73. The van der Waals surface area contributed by atoms with E-state index >= 15 is 0 Å². The number of benzene rings is 1. The quantitative estimate of drug-likeness (QED) is 0.592. The molecular weight excluding hydrogens is 198 g/mol. The van der Waals surface area contributed by atoms with Crippen LogP contribution in [0, 0.1) is 5.92 Å². The normalized spacial score (nSPS) is 20.3. The van der Waals surface area contributed by atoms with Crippen LogP contribution in [-0.4, -0.2) is 5.11 Å². The summed E-state index contributed by atoms with van der Waals surface area (Å²) in [6.45, 7) is 0. The van der Waals surface area contributed by atoms with Crippen LogP contribution >= 0.6 is 0 Å². The molecule has 2 rings (SSSR count). The van der Waals surface area contributed by atoms with E-state index < -0.39 is 0 Å². The van der Waals surface area contributed by atoms with E-state index in [0.717, 1.165) is 24.1 Å². The molecule has 0 saturated heterocycles. The lowest BCUT2D eigenvalue weighted by atomic mass is 9.89. The molecule has 1 atom stereocenters. The predicted molar refractivity (Wildman–Crippen MR) is 67.0 cm³/mol. The van der Waals surface area contributed by atoms with Crippen molar-refractivity contribution in [1.29, 1.82) is 0 Å². The molecule has 2 nitrogen and oxygen atoms in total. The van der Waals surface area contributed by atoms with Crippen LogP contribution < -0.4 is 5.73 Å². The van der Waals surface area contributed by atoms with Crippen molar-refractivity contribution in [3.05, 3.63) is 29.8 Å². The zero-order valence-corrected chi connectivity index (χ0v) is 9.73. The zero-order chi connectivity index (χ0) is 11.4. The van der Waals surface area contributed by atoms with Crippen LogP contribution in [0.2, 0.25) is 0 Å². The minimum absolute atomic E-state index is 0.307. The smallest absolute Gasteiger partial charge is 0.0818 e. The summed E-state index contributed by atoms with van der Waals surface area (Å²) in [4.78, 5) is 0. The fraction of sp³-hybridized carbons (Fsp3) is 0.571. The highest BCUT2D eigenvalue weighted by molar-refractivity contribution is 5.39. The van der Waals surface area contributed by atoms with Crippen LogP contribution in [0.4, 0.5) is 5.69 Å². The number of aliphatic hydroxyl groups is 1. The van der Waals surface area contributed by atoms with E-state index in [-0.39, 0.29) is 6.10 Å². The molecule has 2 heteroatoms. The Hall–Kier alpha value is -1.02. The Morgan fingerprint density at radius 3 is 2.12 bits per heavy atom. The van der Waals surface area contributed by atoms with Gasteiger partial charge in [0.1, 0.15) is 0 Å². The fourth-order valence-corrected chi connectivity index (χ4v) is 2.59. The van der Waals surface area contributed by atoms with Crippen molar-refractivity contribution < 1.29 is 5.11 Å². The van der Waals surface area contributed by atoms with E-state index in [0.29, 0.717) is 5.92 Å². The van der Waals surface area contributed by atoms with Crippen molar-refractivity contribution in [2.45, 2.75) is 44.6 Å². The third kappa shape index (κ3) is 2.76. The Balaban J connectivity index is 2.04. The van der Waals surface area contributed by atoms with Gasteiger partial charge >= 0.3 is 0 Å². The minimum atomic E-state index is -0.307. The fourth-order valence-electron chi connectivity index (χ4n) is 2.59. The first kappa shape index (κ1) is 11.5. The lowest BCUT2D eigenvalue weighted by Gasteiger charge is -2.21. The highest BCUT2D eigenvalue weighted by Crippen LogP contribution is 2.33. The lowest BCUT2D eigenvalue weighted by molar-refractivity contribution is 0.0988. The van der Waals surface area contributed by atoms with Gasteiger partial charge in [0.25, 0.3) is 0 Å². The number of rotatable bonds is 2. The van der Waals surface area contributed by atoms with Gasteiger partial charge in [0.2, 0.25) is 0 Å². The van der Waals surface area contributed by atoms with Gasteiger partial charge in [-0.1, -0.05) is 37.8 Å². The van der Waals surface area contributed by atoms with E-state index in [1.165, 1.54) is 25.7 Å². The summed E-state index contributed by atoms with van der Waals surface area (Å²) in [6.07, 6.45) is 7.18. The lowest BCUT2D eigenvalue weighted by Crippen LogP contribution is -2.11. The average Bonchev–Trinajstić information content (AvgIpc) is 2.57. The second-order valence-electron chi connectivity index (χ2n) is 4.86. The number of nitrogens with two attached hydrogens (primary N) is 1. The van der Waals surface area contributed by atoms with Crippen molar-refractivity contribution in [2.24, 2.45) is 5.92 Å². The molecule has 0 bridgehead atoms. The summed E-state index contributed by atoms with van der Waals surface area (Å²) in [5.41, 5.74) is 7.42. The number of hydrogen-bond donors (Lipinski definition) is 2. The second kappa shape index (κ2) is 5.35. The average molecular weight is 219 g/mol. The SMILES string of the molecule is Nc1ccc(C(O)C2CCCCCC2)cc1. The van der Waals surface area contributed by atoms with Crippen LogP contribution in [0.3, 0.4) is 0 Å². The van der Waals surface area contributed by atoms with E-state index in [9.17, 15) is 5.11 Å². The molecule has 1 saturated carbocycles. The van der Waals surface area contributed by atoms with Gasteiger partial charge in [-0.05, 0) is 36.5 Å². The molecule has 1 unspecified atom stereocenters. The van der Waals surface area contributed by atoms with Crippen molar-refractivity contribution in [3.63, 3.8) is 0 Å².